The second-order valence-electron chi connectivity index (χ2n) is 5.23. The van der Waals surface area contributed by atoms with E-state index >= 15 is 0 Å². The summed E-state index contributed by atoms with van der Waals surface area (Å²) >= 11 is 6.02. The zero-order valence-electron chi connectivity index (χ0n) is 13.0. The van der Waals surface area contributed by atoms with Gasteiger partial charge in [-0.15, -0.1) is 0 Å². The fourth-order valence-corrected chi connectivity index (χ4v) is 2.49. The van der Waals surface area contributed by atoms with Gasteiger partial charge in [0.25, 0.3) is 5.91 Å². The van der Waals surface area contributed by atoms with Crippen molar-refractivity contribution in [2.45, 2.75) is 6.54 Å². The average Bonchev–Trinajstić information content (AvgIpc) is 3.15. The fraction of sp³-hybridized carbons (Fsp3) is 0.188. The van der Waals surface area contributed by atoms with Crippen molar-refractivity contribution in [1.29, 1.82) is 0 Å². The van der Waals surface area contributed by atoms with Crippen LogP contribution in [-0.4, -0.2) is 37.2 Å². The number of nitrogens with zero attached hydrogens (tertiary/aromatic N) is 4. The molecule has 124 valence electrons. The molecule has 8 heteroatoms. The van der Waals surface area contributed by atoms with Crippen LogP contribution in [0, 0.1) is 0 Å². The molecule has 0 aliphatic rings. The maximum atomic E-state index is 12.3. The second-order valence-corrected chi connectivity index (χ2v) is 5.67. The number of aliphatic hydroxyl groups excluding tert-OH is 1. The lowest BCUT2D eigenvalue weighted by Crippen LogP contribution is -2.16. The number of carbonyl (C=O) groups is 1. The number of hydrogen-bond donors (Lipinski definition) is 2. The monoisotopic (exact) mass is 345 g/mol. The van der Waals surface area contributed by atoms with Crippen molar-refractivity contribution >= 4 is 23.3 Å². The zero-order valence-corrected chi connectivity index (χ0v) is 13.7. The number of aryl methyl sites for hydroxylation is 1. The van der Waals surface area contributed by atoms with Crippen LogP contribution < -0.4 is 5.32 Å². The molecule has 2 aromatic heterocycles. The van der Waals surface area contributed by atoms with Crippen LogP contribution >= 0.6 is 11.6 Å². The molecule has 0 unspecified atom stereocenters. The first kappa shape index (κ1) is 16.2. The summed E-state index contributed by atoms with van der Waals surface area (Å²) in [6.07, 6.45) is 3.11. The van der Waals surface area contributed by atoms with Gasteiger partial charge >= 0.3 is 0 Å². The molecule has 0 spiro atoms. The summed E-state index contributed by atoms with van der Waals surface area (Å²) in [7, 11) is 1.74. The number of aromatic nitrogens is 4. The third-order valence-electron chi connectivity index (χ3n) is 3.42. The minimum Gasteiger partial charge on any atom is -0.394 e. The molecule has 0 bridgehead atoms. The molecule has 0 radical (unpaired) electrons. The number of hydrogen-bond acceptors (Lipinski definition) is 4. The van der Waals surface area contributed by atoms with Gasteiger partial charge in [-0.2, -0.15) is 10.2 Å². The smallest absolute Gasteiger partial charge is 0.259 e. The lowest BCUT2D eigenvalue weighted by Gasteiger charge is -2.06. The highest BCUT2D eigenvalue weighted by atomic mass is 35.5. The lowest BCUT2D eigenvalue weighted by molar-refractivity contribution is 0.102. The molecule has 0 aliphatic carbocycles. The summed E-state index contributed by atoms with van der Waals surface area (Å²) in [5.41, 5.74) is 1.93. The number of anilines is 1. The van der Waals surface area contributed by atoms with Gasteiger partial charge in [-0.05, 0) is 12.1 Å². The number of halogens is 1. The van der Waals surface area contributed by atoms with Crippen molar-refractivity contribution in [3.8, 4) is 11.3 Å². The molecule has 7 nitrogen and oxygen atoms in total. The van der Waals surface area contributed by atoms with Gasteiger partial charge in [0.15, 0.2) is 0 Å². The van der Waals surface area contributed by atoms with E-state index in [9.17, 15) is 9.90 Å². The molecular formula is C16H16ClN5O2. The average molecular weight is 346 g/mol. The first-order valence-electron chi connectivity index (χ1n) is 7.31. The summed E-state index contributed by atoms with van der Waals surface area (Å²) in [4.78, 5) is 12.3. The molecule has 24 heavy (non-hydrogen) atoms. The largest absolute Gasteiger partial charge is 0.394 e. The van der Waals surface area contributed by atoms with Crippen LogP contribution in [0.1, 0.15) is 10.4 Å². The molecule has 2 heterocycles. The van der Waals surface area contributed by atoms with Crippen molar-refractivity contribution < 1.29 is 9.90 Å². The summed E-state index contributed by atoms with van der Waals surface area (Å²) < 4.78 is 3.10. The highest BCUT2D eigenvalue weighted by molar-refractivity contribution is 6.30. The first-order chi connectivity index (χ1) is 11.6. The van der Waals surface area contributed by atoms with Crippen LogP contribution in [0.3, 0.4) is 0 Å². The maximum Gasteiger partial charge on any atom is 0.259 e. The Kier molecular flexibility index (Phi) is 4.64. The Hall–Kier alpha value is -2.64. The van der Waals surface area contributed by atoms with Gasteiger partial charge in [0.05, 0.1) is 30.6 Å². The third-order valence-corrected chi connectivity index (χ3v) is 3.66. The third kappa shape index (κ3) is 3.47. The summed E-state index contributed by atoms with van der Waals surface area (Å²) in [6.45, 7) is 0.176. The van der Waals surface area contributed by atoms with Crippen LogP contribution in [0.2, 0.25) is 5.02 Å². The SMILES string of the molecule is Cn1cc(C(=O)Nc2cc(-c3cccc(Cl)c3)nn2CCO)cn1. The van der Waals surface area contributed by atoms with E-state index in [4.69, 9.17) is 11.6 Å². The molecule has 0 fully saturated rings. The molecule has 2 N–H and O–H groups in total. The van der Waals surface area contributed by atoms with Gasteiger partial charge in [0, 0.05) is 29.9 Å². The minimum absolute atomic E-state index is 0.0908. The van der Waals surface area contributed by atoms with E-state index in [0.717, 1.165) is 5.56 Å². The first-order valence-corrected chi connectivity index (χ1v) is 7.69. The Bertz CT molecular complexity index is 871. The Labute approximate surface area is 143 Å². The minimum atomic E-state index is -0.292. The van der Waals surface area contributed by atoms with Crippen molar-refractivity contribution in [1.82, 2.24) is 19.6 Å². The predicted octanol–water partition coefficient (Wildman–Crippen LogP) is 2.18. The molecule has 0 saturated carbocycles. The number of benzene rings is 1. The van der Waals surface area contributed by atoms with E-state index in [1.54, 1.807) is 40.8 Å². The molecule has 1 aromatic carbocycles. The molecule has 3 aromatic rings. The Morgan fingerprint density at radius 3 is 2.88 bits per heavy atom. The summed E-state index contributed by atoms with van der Waals surface area (Å²) in [5, 5.41) is 21.0. The maximum absolute atomic E-state index is 12.3. The fourth-order valence-electron chi connectivity index (χ4n) is 2.30. The van der Waals surface area contributed by atoms with Crippen molar-refractivity contribution in [3.63, 3.8) is 0 Å². The predicted molar refractivity (Wildman–Crippen MR) is 90.9 cm³/mol. The zero-order chi connectivity index (χ0) is 17.1. The normalized spacial score (nSPS) is 10.8. The number of amides is 1. The topological polar surface area (TPSA) is 85.0 Å². The van der Waals surface area contributed by atoms with Crippen LogP contribution in [0.5, 0.6) is 0 Å². The quantitative estimate of drug-likeness (QED) is 0.742. The van der Waals surface area contributed by atoms with Crippen molar-refractivity contribution in [3.05, 3.63) is 53.3 Å². The lowest BCUT2D eigenvalue weighted by atomic mass is 10.1. The number of carbonyl (C=O) groups excluding carboxylic acids is 1. The summed E-state index contributed by atoms with van der Waals surface area (Å²) in [5.74, 6) is 0.202. The van der Waals surface area contributed by atoms with E-state index in [2.05, 4.69) is 15.5 Å². The Balaban J connectivity index is 1.90. The highest BCUT2D eigenvalue weighted by Gasteiger charge is 2.14. The summed E-state index contributed by atoms with van der Waals surface area (Å²) in [6, 6.07) is 9.02. The van der Waals surface area contributed by atoms with E-state index in [0.29, 0.717) is 22.1 Å². The molecule has 0 saturated heterocycles. The number of aliphatic hydroxyl groups is 1. The van der Waals surface area contributed by atoms with E-state index in [1.807, 2.05) is 12.1 Å². The number of nitrogens with one attached hydrogen (secondary N) is 1. The highest BCUT2D eigenvalue weighted by Crippen LogP contribution is 2.24. The van der Waals surface area contributed by atoms with Crippen LogP contribution in [0.4, 0.5) is 5.82 Å². The van der Waals surface area contributed by atoms with Gasteiger partial charge in [-0.3, -0.25) is 9.48 Å². The van der Waals surface area contributed by atoms with Crippen LogP contribution in [-0.2, 0) is 13.6 Å². The molecule has 0 atom stereocenters. The molecule has 0 aliphatic heterocycles. The van der Waals surface area contributed by atoms with Gasteiger partial charge in [0.2, 0.25) is 0 Å². The van der Waals surface area contributed by atoms with E-state index in [1.165, 1.54) is 6.20 Å². The van der Waals surface area contributed by atoms with Gasteiger partial charge in [-0.25, -0.2) is 4.68 Å². The Morgan fingerprint density at radius 2 is 2.21 bits per heavy atom. The van der Waals surface area contributed by atoms with E-state index < -0.39 is 0 Å². The van der Waals surface area contributed by atoms with Gasteiger partial charge in [0.1, 0.15) is 5.82 Å². The van der Waals surface area contributed by atoms with E-state index in [-0.39, 0.29) is 19.1 Å². The molecule has 1 amide bonds. The number of rotatable bonds is 5. The van der Waals surface area contributed by atoms with Gasteiger partial charge < -0.3 is 10.4 Å². The second kappa shape index (κ2) is 6.86. The Morgan fingerprint density at radius 1 is 1.38 bits per heavy atom. The van der Waals surface area contributed by atoms with Crippen LogP contribution in [0.15, 0.2) is 42.7 Å². The van der Waals surface area contributed by atoms with Crippen LogP contribution in [0.25, 0.3) is 11.3 Å². The molecule has 3 rings (SSSR count). The molecular weight excluding hydrogens is 330 g/mol. The van der Waals surface area contributed by atoms with Gasteiger partial charge in [-0.1, -0.05) is 23.7 Å². The standard InChI is InChI=1S/C16H16ClN5O2/c1-21-10-12(9-18-21)16(24)19-15-8-14(20-22(15)5-6-23)11-3-2-4-13(17)7-11/h2-4,7-10,23H,5-6H2,1H3,(H,19,24). The van der Waals surface area contributed by atoms with Crippen molar-refractivity contribution in [2.75, 3.05) is 11.9 Å². The van der Waals surface area contributed by atoms with Crippen molar-refractivity contribution in [2.24, 2.45) is 7.05 Å².